The summed E-state index contributed by atoms with van der Waals surface area (Å²) >= 11 is 0. The largest absolute Gasteiger partial charge is 0.477 e. The first-order valence-electron chi connectivity index (χ1n) is 8.86. The summed E-state index contributed by atoms with van der Waals surface area (Å²) in [4.78, 5) is 30.4. The predicted molar refractivity (Wildman–Crippen MR) is 95.3 cm³/mol. The lowest BCUT2D eigenvalue weighted by atomic mass is 10.1. The van der Waals surface area contributed by atoms with E-state index in [-0.39, 0.29) is 40.1 Å². The molecule has 3 N–H and O–H groups in total. The number of fused-ring (bicyclic) bond motifs is 1. The molecule has 2 aromatic heterocycles. The lowest BCUT2D eigenvalue weighted by molar-refractivity contribution is 0.0684. The summed E-state index contributed by atoms with van der Waals surface area (Å²) in [5.74, 6) is -1.23. The van der Waals surface area contributed by atoms with Crippen LogP contribution in [0.5, 0.6) is 0 Å². The lowest BCUT2D eigenvalue weighted by Crippen LogP contribution is -2.26. The second kappa shape index (κ2) is 6.05. The molecule has 2 aliphatic rings. The highest BCUT2D eigenvalue weighted by atomic mass is 19.1. The summed E-state index contributed by atoms with van der Waals surface area (Å²) in [6.07, 6.45) is 2.51. The van der Waals surface area contributed by atoms with Crippen molar-refractivity contribution in [1.82, 2.24) is 9.55 Å². The Balaban J connectivity index is 1.99. The van der Waals surface area contributed by atoms with Crippen LogP contribution in [0, 0.1) is 18.7 Å². The number of carboxylic acids is 1. The zero-order valence-corrected chi connectivity index (χ0v) is 14.5. The van der Waals surface area contributed by atoms with Crippen LogP contribution in [-0.4, -0.2) is 40.3 Å². The first-order valence-corrected chi connectivity index (χ1v) is 8.86. The van der Waals surface area contributed by atoms with Crippen LogP contribution in [-0.2, 0) is 0 Å². The first kappa shape index (κ1) is 17.0. The summed E-state index contributed by atoms with van der Waals surface area (Å²) < 4.78 is 16.6. The van der Waals surface area contributed by atoms with E-state index in [1.54, 1.807) is 11.5 Å². The molecule has 0 bridgehead atoms. The van der Waals surface area contributed by atoms with Gasteiger partial charge in [-0.1, -0.05) is 0 Å². The minimum atomic E-state index is -1.18. The maximum absolute atomic E-state index is 15.0. The molecule has 0 spiro atoms. The number of nitrogens with zero attached hydrogens (tertiary/aromatic N) is 3. The van der Waals surface area contributed by atoms with Gasteiger partial charge in [0.15, 0.2) is 17.1 Å². The summed E-state index contributed by atoms with van der Waals surface area (Å²) in [6.45, 7) is 3.33. The van der Waals surface area contributed by atoms with E-state index in [1.165, 1.54) is 0 Å². The van der Waals surface area contributed by atoms with E-state index < -0.39 is 17.2 Å². The molecule has 1 saturated heterocycles. The van der Waals surface area contributed by atoms with Crippen LogP contribution >= 0.6 is 0 Å². The standard InChI is InChI=1S/C18H21FN4O3/c1-9-14-13(24)6-12(18(25)26)23(11-2-3-11)16(14)21-17(15(9)19)22-5-4-10(7-20)8-22/h6,10-11H,2-5,7-8,20H2,1H3,(H,25,26). The molecule has 0 amide bonds. The van der Waals surface area contributed by atoms with E-state index >= 15 is 4.39 Å². The molecule has 4 rings (SSSR count). The lowest BCUT2D eigenvalue weighted by Gasteiger charge is -2.21. The number of carboxylic acid groups (broad SMARTS) is 1. The number of nitrogens with two attached hydrogens (primary N) is 1. The van der Waals surface area contributed by atoms with Gasteiger partial charge in [0.05, 0.1) is 5.39 Å². The van der Waals surface area contributed by atoms with Crippen LogP contribution in [0.4, 0.5) is 10.2 Å². The van der Waals surface area contributed by atoms with Crippen molar-refractivity contribution in [3.8, 4) is 0 Å². The number of anilines is 1. The minimum Gasteiger partial charge on any atom is -0.477 e. The van der Waals surface area contributed by atoms with Gasteiger partial charge in [0.2, 0.25) is 0 Å². The molecule has 0 aromatic carbocycles. The topological polar surface area (TPSA) is 101 Å². The molecule has 1 unspecified atom stereocenters. The van der Waals surface area contributed by atoms with Crippen molar-refractivity contribution in [2.45, 2.75) is 32.2 Å². The number of hydrogen-bond acceptors (Lipinski definition) is 5. The smallest absolute Gasteiger partial charge is 0.352 e. The summed E-state index contributed by atoms with van der Waals surface area (Å²) in [5.41, 5.74) is 5.62. The van der Waals surface area contributed by atoms with Crippen LogP contribution in [0.1, 0.15) is 41.4 Å². The van der Waals surface area contributed by atoms with Gasteiger partial charge in [0, 0.05) is 30.8 Å². The van der Waals surface area contributed by atoms with Gasteiger partial charge in [-0.05, 0) is 38.6 Å². The number of pyridine rings is 2. The van der Waals surface area contributed by atoms with Gasteiger partial charge in [0.25, 0.3) is 0 Å². The highest BCUT2D eigenvalue weighted by molar-refractivity contribution is 5.91. The van der Waals surface area contributed by atoms with E-state index in [2.05, 4.69) is 4.98 Å². The fourth-order valence-electron chi connectivity index (χ4n) is 3.79. The fourth-order valence-corrected chi connectivity index (χ4v) is 3.79. The maximum Gasteiger partial charge on any atom is 0.352 e. The Hall–Kier alpha value is -2.48. The zero-order chi connectivity index (χ0) is 18.6. The van der Waals surface area contributed by atoms with E-state index in [1.807, 2.05) is 4.90 Å². The highest BCUT2D eigenvalue weighted by Crippen LogP contribution is 2.39. The van der Waals surface area contributed by atoms with Crippen molar-refractivity contribution in [3.05, 3.63) is 33.4 Å². The monoisotopic (exact) mass is 360 g/mol. The molecule has 2 aromatic rings. The van der Waals surface area contributed by atoms with Gasteiger partial charge in [-0.2, -0.15) is 0 Å². The number of hydrogen-bond donors (Lipinski definition) is 2. The third-order valence-corrected chi connectivity index (χ3v) is 5.39. The Labute approximate surface area is 149 Å². The van der Waals surface area contributed by atoms with Gasteiger partial charge < -0.3 is 20.3 Å². The Bertz CT molecular complexity index is 967. The average molecular weight is 360 g/mol. The molecule has 1 aliphatic carbocycles. The van der Waals surface area contributed by atoms with Crippen LogP contribution in [0.25, 0.3) is 11.0 Å². The quantitative estimate of drug-likeness (QED) is 0.860. The van der Waals surface area contributed by atoms with Crippen LogP contribution in [0.3, 0.4) is 0 Å². The minimum absolute atomic E-state index is 0.00946. The van der Waals surface area contributed by atoms with Crippen molar-refractivity contribution < 1.29 is 14.3 Å². The van der Waals surface area contributed by atoms with Crippen molar-refractivity contribution >= 4 is 22.8 Å². The molecule has 2 fully saturated rings. The van der Waals surface area contributed by atoms with E-state index in [0.29, 0.717) is 19.6 Å². The van der Waals surface area contributed by atoms with Gasteiger partial charge in [0.1, 0.15) is 11.3 Å². The number of aryl methyl sites for hydroxylation is 1. The summed E-state index contributed by atoms with van der Waals surface area (Å²) in [7, 11) is 0. The molecule has 1 atom stereocenters. The normalized spacial score (nSPS) is 20.1. The number of aromatic carboxylic acids is 1. The Kier molecular flexibility index (Phi) is 3.95. The van der Waals surface area contributed by atoms with E-state index in [4.69, 9.17) is 5.73 Å². The van der Waals surface area contributed by atoms with Gasteiger partial charge >= 0.3 is 5.97 Å². The third kappa shape index (κ3) is 2.56. The second-order valence-corrected chi connectivity index (χ2v) is 7.21. The highest BCUT2D eigenvalue weighted by Gasteiger charge is 2.32. The van der Waals surface area contributed by atoms with Crippen LogP contribution in [0.2, 0.25) is 0 Å². The molecule has 1 saturated carbocycles. The molecule has 0 radical (unpaired) electrons. The van der Waals surface area contributed by atoms with Gasteiger partial charge in [-0.25, -0.2) is 14.2 Å². The number of aromatic nitrogens is 2. The Morgan fingerprint density at radius 1 is 1.42 bits per heavy atom. The average Bonchev–Trinajstić information content (AvgIpc) is 3.33. The molecule has 26 heavy (non-hydrogen) atoms. The van der Waals surface area contributed by atoms with Crippen molar-refractivity contribution in [3.63, 3.8) is 0 Å². The predicted octanol–water partition coefficient (Wildman–Crippen LogP) is 1.66. The summed E-state index contributed by atoms with van der Waals surface area (Å²) in [5, 5.41) is 9.68. The van der Waals surface area contributed by atoms with Gasteiger partial charge in [-0.15, -0.1) is 0 Å². The molecule has 1 aliphatic heterocycles. The Morgan fingerprint density at radius 3 is 2.73 bits per heavy atom. The van der Waals surface area contributed by atoms with Crippen LogP contribution < -0.4 is 16.1 Å². The Morgan fingerprint density at radius 2 is 2.15 bits per heavy atom. The van der Waals surface area contributed by atoms with Crippen molar-refractivity contribution in [2.24, 2.45) is 11.7 Å². The van der Waals surface area contributed by atoms with Crippen LogP contribution in [0.15, 0.2) is 10.9 Å². The number of rotatable bonds is 4. The second-order valence-electron chi connectivity index (χ2n) is 7.21. The first-order chi connectivity index (χ1) is 12.4. The molecule has 8 heteroatoms. The maximum atomic E-state index is 15.0. The fraction of sp³-hybridized carbons (Fsp3) is 0.500. The van der Waals surface area contributed by atoms with E-state index in [0.717, 1.165) is 25.3 Å². The molecule has 138 valence electrons. The van der Waals surface area contributed by atoms with Crippen molar-refractivity contribution in [1.29, 1.82) is 0 Å². The number of halogens is 1. The van der Waals surface area contributed by atoms with Crippen molar-refractivity contribution in [2.75, 3.05) is 24.5 Å². The van der Waals surface area contributed by atoms with E-state index in [9.17, 15) is 14.7 Å². The molecule has 3 heterocycles. The molecular formula is C18H21FN4O3. The number of carbonyl (C=O) groups is 1. The van der Waals surface area contributed by atoms with Gasteiger partial charge in [-0.3, -0.25) is 4.79 Å². The molecule has 7 nitrogen and oxygen atoms in total. The molecular weight excluding hydrogens is 339 g/mol. The zero-order valence-electron chi connectivity index (χ0n) is 14.5. The third-order valence-electron chi connectivity index (χ3n) is 5.39. The SMILES string of the molecule is Cc1c(F)c(N2CCC(CN)C2)nc2c1c(=O)cc(C(=O)O)n2C1CC1. The summed E-state index contributed by atoms with van der Waals surface area (Å²) in [6, 6.07) is 1.07.